The Morgan fingerprint density at radius 1 is 1.46 bits per heavy atom. The number of hydrogen-bond donors (Lipinski definition) is 0. The van der Waals surface area contributed by atoms with Gasteiger partial charge in [0.25, 0.3) is 0 Å². The van der Waals surface area contributed by atoms with Crippen molar-refractivity contribution in [3.05, 3.63) is 28.9 Å². The number of halogens is 1. The summed E-state index contributed by atoms with van der Waals surface area (Å²) >= 11 is 3.14. The van der Waals surface area contributed by atoms with Gasteiger partial charge in [0.1, 0.15) is 5.82 Å². The Hall–Kier alpha value is -0.540. The molecule has 0 amide bonds. The number of rotatable bonds is 1. The zero-order valence-electron chi connectivity index (χ0n) is 7.43. The second-order valence-electron chi connectivity index (χ2n) is 2.87. The first-order valence-electron chi connectivity index (χ1n) is 3.94. The summed E-state index contributed by atoms with van der Waals surface area (Å²) in [6, 6.07) is 3.89. The average Bonchev–Trinajstić information content (AvgIpc) is 2.60. The highest BCUT2D eigenvalue weighted by Gasteiger charge is 2.09. The Balaban J connectivity index is 2.87. The standard InChI is InChI=1S/C10H9FS2/c1-6-5-8(12-2)7-3-4-13-10(7)9(6)11/h3-5H,1-2H3. The Labute approximate surface area is 84.8 Å². The third-order valence-electron chi connectivity index (χ3n) is 2.04. The van der Waals surface area contributed by atoms with Gasteiger partial charge in [0.15, 0.2) is 0 Å². The number of thioether (sulfide) groups is 1. The van der Waals surface area contributed by atoms with Crippen LogP contribution in [0.25, 0.3) is 10.1 Å². The summed E-state index contributed by atoms with van der Waals surface area (Å²) in [4.78, 5) is 1.16. The highest BCUT2D eigenvalue weighted by atomic mass is 32.2. The Morgan fingerprint density at radius 3 is 2.92 bits per heavy atom. The van der Waals surface area contributed by atoms with E-state index in [0.717, 1.165) is 20.5 Å². The Kier molecular flexibility index (Phi) is 2.30. The topological polar surface area (TPSA) is 0 Å². The van der Waals surface area contributed by atoms with Gasteiger partial charge in [0.2, 0.25) is 0 Å². The third kappa shape index (κ3) is 1.36. The molecule has 0 fully saturated rings. The van der Waals surface area contributed by atoms with Gasteiger partial charge >= 0.3 is 0 Å². The highest BCUT2D eigenvalue weighted by molar-refractivity contribution is 7.98. The van der Waals surface area contributed by atoms with Crippen LogP contribution in [0.2, 0.25) is 0 Å². The zero-order valence-corrected chi connectivity index (χ0v) is 9.06. The van der Waals surface area contributed by atoms with Crippen molar-refractivity contribution in [2.24, 2.45) is 0 Å². The minimum absolute atomic E-state index is 0.0669. The van der Waals surface area contributed by atoms with Crippen LogP contribution in [0, 0.1) is 12.7 Å². The van der Waals surface area contributed by atoms with Crippen molar-refractivity contribution in [2.75, 3.05) is 6.26 Å². The molecule has 2 rings (SSSR count). The molecule has 0 atom stereocenters. The normalized spacial score (nSPS) is 11.0. The van der Waals surface area contributed by atoms with Crippen molar-refractivity contribution < 1.29 is 4.39 Å². The second-order valence-corrected chi connectivity index (χ2v) is 4.64. The lowest BCUT2D eigenvalue weighted by molar-refractivity contribution is 0.631. The number of fused-ring (bicyclic) bond motifs is 1. The van der Waals surface area contributed by atoms with E-state index in [0.29, 0.717) is 0 Å². The van der Waals surface area contributed by atoms with Gasteiger partial charge in [-0.15, -0.1) is 23.1 Å². The van der Waals surface area contributed by atoms with E-state index >= 15 is 0 Å². The molecule has 0 saturated heterocycles. The molecule has 1 aromatic heterocycles. The first kappa shape index (κ1) is 9.03. The van der Waals surface area contributed by atoms with Gasteiger partial charge in [0.05, 0.1) is 4.70 Å². The van der Waals surface area contributed by atoms with Crippen LogP contribution in [0.1, 0.15) is 5.56 Å². The second kappa shape index (κ2) is 3.31. The summed E-state index contributed by atoms with van der Waals surface area (Å²) in [6.45, 7) is 1.81. The minimum atomic E-state index is -0.0669. The number of benzene rings is 1. The summed E-state index contributed by atoms with van der Waals surface area (Å²) < 4.78 is 14.3. The van der Waals surface area contributed by atoms with Crippen molar-refractivity contribution in [3.63, 3.8) is 0 Å². The molecule has 1 heterocycles. The van der Waals surface area contributed by atoms with Crippen LogP contribution in [-0.4, -0.2) is 6.26 Å². The van der Waals surface area contributed by atoms with Crippen LogP contribution < -0.4 is 0 Å². The van der Waals surface area contributed by atoms with Crippen LogP contribution in [0.15, 0.2) is 22.4 Å². The van der Waals surface area contributed by atoms with Crippen molar-refractivity contribution >= 4 is 33.2 Å². The molecule has 3 heteroatoms. The molecule has 2 aromatic rings. The first-order valence-corrected chi connectivity index (χ1v) is 6.04. The van der Waals surface area contributed by atoms with E-state index in [1.54, 1.807) is 11.8 Å². The molecule has 0 aliphatic carbocycles. The zero-order chi connectivity index (χ0) is 9.42. The maximum absolute atomic E-state index is 13.5. The van der Waals surface area contributed by atoms with Crippen LogP contribution in [0.3, 0.4) is 0 Å². The predicted molar refractivity (Wildman–Crippen MR) is 58.3 cm³/mol. The molecule has 13 heavy (non-hydrogen) atoms. The third-order valence-corrected chi connectivity index (χ3v) is 3.73. The summed E-state index contributed by atoms with van der Waals surface area (Å²) in [6.07, 6.45) is 2.02. The van der Waals surface area contributed by atoms with Crippen molar-refractivity contribution in [2.45, 2.75) is 11.8 Å². The molecular formula is C10H9FS2. The van der Waals surface area contributed by atoms with Gasteiger partial charge in [-0.2, -0.15) is 0 Å². The molecular weight excluding hydrogens is 203 g/mol. The molecule has 0 spiro atoms. The van der Waals surface area contributed by atoms with E-state index in [2.05, 4.69) is 0 Å². The lowest BCUT2D eigenvalue weighted by atomic mass is 10.2. The molecule has 0 aliphatic heterocycles. The summed E-state index contributed by atoms with van der Waals surface area (Å²) in [5.41, 5.74) is 0.735. The van der Waals surface area contributed by atoms with E-state index in [9.17, 15) is 4.39 Å². The minimum Gasteiger partial charge on any atom is -0.205 e. The fraction of sp³-hybridized carbons (Fsp3) is 0.200. The molecule has 68 valence electrons. The quantitative estimate of drug-likeness (QED) is 0.642. The van der Waals surface area contributed by atoms with Crippen LogP contribution in [0.5, 0.6) is 0 Å². The number of hydrogen-bond acceptors (Lipinski definition) is 2. The number of aryl methyl sites for hydroxylation is 1. The van der Waals surface area contributed by atoms with Gasteiger partial charge in [-0.3, -0.25) is 0 Å². The molecule has 0 aliphatic rings. The SMILES string of the molecule is CSc1cc(C)c(F)c2sccc12. The van der Waals surface area contributed by atoms with E-state index in [1.807, 2.05) is 30.7 Å². The van der Waals surface area contributed by atoms with Crippen LogP contribution in [0.4, 0.5) is 4.39 Å². The summed E-state index contributed by atoms with van der Waals surface area (Å²) in [5, 5.41) is 2.98. The predicted octanol–water partition coefficient (Wildman–Crippen LogP) is 4.07. The van der Waals surface area contributed by atoms with Gasteiger partial charge in [0, 0.05) is 10.3 Å². The van der Waals surface area contributed by atoms with Gasteiger partial charge in [-0.25, -0.2) is 4.39 Å². The fourth-order valence-electron chi connectivity index (χ4n) is 1.36. The van der Waals surface area contributed by atoms with Crippen molar-refractivity contribution in [3.8, 4) is 0 Å². The van der Waals surface area contributed by atoms with E-state index < -0.39 is 0 Å². The van der Waals surface area contributed by atoms with Gasteiger partial charge in [-0.1, -0.05) is 0 Å². The maximum Gasteiger partial charge on any atom is 0.143 e. The Morgan fingerprint density at radius 2 is 2.23 bits per heavy atom. The van der Waals surface area contributed by atoms with Gasteiger partial charge in [-0.05, 0) is 36.3 Å². The Bertz CT molecular complexity index is 445. The number of thiophene rings is 1. The molecule has 0 bridgehead atoms. The average molecular weight is 212 g/mol. The first-order chi connectivity index (χ1) is 6.24. The summed E-state index contributed by atoms with van der Waals surface area (Å²) in [7, 11) is 0. The van der Waals surface area contributed by atoms with Crippen LogP contribution >= 0.6 is 23.1 Å². The van der Waals surface area contributed by atoms with Crippen LogP contribution in [-0.2, 0) is 0 Å². The van der Waals surface area contributed by atoms with Crippen molar-refractivity contribution in [1.82, 2.24) is 0 Å². The lowest BCUT2D eigenvalue weighted by Crippen LogP contribution is -1.83. The largest absolute Gasteiger partial charge is 0.205 e. The molecule has 0 nitrogen and oxygen atoms in total. The monoisotopic (exact) mass is 212 g/mol. The summed E-state index contributed by atoms with van der Waals surface area (Å²) in [5.74, 6) is -0.0669. The highest BCUT2D eigenvalue weighted by Crippen LogP contribution is 2.33. The molecule has 0 saturated carbocycles. The molecule has 0 radical (unpaired) electrons. The van der Waals surface area contributed by atoms with E-state index in [-0.39, 0.29) is 5.82 Å². The van der Waals surface area contributed by atoms with Gasteiger partial charge < -0.3 is 0 Å². The lowest BCUT2D eigenvalue weighted by Gasteiger charge is -2.03. The smallest absolute Gasteiger partial charge is 0.143 e. The van der Waals surface area contributed by atoms with E-state index in [1.165, 1.54) is 11.3 Å². The molecule has 0 unspecified atom stereocenters. The molecule has 0 N–H and O–H groups in total. The maximum atomic E-state index is 13.5. The van der Waals surface area contributed by atoms with Crippen molar-refractivity contribution in [1.29, 1.82) is 0 Å². The van der Waals surface area contributed by atoms with E-state index in [4.69, 9.17) is 0 Å². The fourth-order valence-corrected chi connectivity index (χ4v) is 3.02. The molecule has 1 aromatic carbocycles.